The van der Waals surface area contributed by atoms with Gasteiger partial charge in [-0.1, -0.05) is 30.3 Å². The molecular formula is C20H24N2. The van der Waals surface area contributed by atoms with E-state index in [1.165, 1.54) is 41.3 Å². The van der Waals surface area contributed by atoms with E-state index in [-0.39, 0.29) is 0 Å². The third kappa shape index (κ3) is 2.14. The van der Waals surface area contributed by atoms with Gasteiger partial charge in [0.2, 0.25) is 0 Å². The van der Waals surface area contributed by atoms with E-state index >= 15 is 0 Å². The van der Waals surface area contributed by atoms with E-state index in [0.717, 1.165) is 6.04 Å². The first kappa shape index (κ1) is 13.8. The Morgan fingerprint density at radius 3 is 2.73 bits per heavy atom. The van der Waals surface area contributed by atoms with Gasteiger partial charge in [-0.15, -0.1) is 0 Å². The third-order valence-electron chi connectivity index (χ3n) is 5.47. The normalized spacial score (nSPS) is 24.6. The molecule has 22 heavy (non-hydrogen) atoms. The fourth-order valence-electron chi connectivity index (χ4n) is 4.07. The average molecular weight is 292 g/mol. The minimum absolute atomic E-state index is 0.644. The van der Waals surface area contributed by atoms with Crippen LogP contribution in [0.25, 0.3) is 16.3 Å². The van der Waals surface area contributed by atoms with Crippen molar-refractivity contribution in [2.75, 3.05) is 26.0 Å². The average Bonchev–Trinajstić information content (AvgIpc) is 2.75. The summed E-state index contributed by atoms with van der Waals surface area (Å²) in [7, 11) is 6.48. The van der Waals surface area contributed by atoms with Crippen molar-refractivity contribution in [2.45, 2.75) is 31.3 Å². The van der Waals surface area contributed by atoms with Crippen molar-refractivity contribution in [2.24, 2.45) is 0 Å². The van der Waals surface area contributed by atoms with E-state index in [1.807, 2.05) is 0 Å². The predicted octanol–water partition coefficient (Wildman–Crippen LogP) is 4.16. The summed E-state index contributed by atoms with van der Waals surface area (Å²) in [6.45, 7) is 0. The fraction of sp³-hybridized carbons (Fsp3) is 0.400. The van der Waals surface area contributed by atoms with Crippen molar-refractivity contribution in [3.05, 3.63) is 48.0 Å². The SMILES string of the molecule is CN(C)c1ccc2c(C3=CC4CCC(C3)N4C)cccc2c1. The molecule has 4 rings (SSSR count). The van der Waals surface area contributed by atoms with Gasteiger partial charge >= 0.3 is 0 Å². The van der Waals surface area contributed by atoms with Gasteiger partial charge in [-0.05, 0) is 60.4 Å². The highest BCUT2D eigenvalue weighted by Crippen LogP contribution is 2.39. The minimum Gasteiger partial charge on any atom is -0.378 e. The molecule has 2 unspecified atom stereocenters. The highest BCUT2D eigenvalue weighted by molar-refractivity contribution is 5.96. The van der Waals surface area contributed by atoms with Gasteiger partial charge in [0.1, 0.15) is 0 Å². The molecule has 2 aliphatic heterocycles. The summed E-state index contributed by atoms with van der Waals surface area (Å²) >= 11 is 0. The number of hydrogen-bond acceptors (Lipinski definition) is 2. The number of nitrogens with zero attached hydrogens (tertiary/aromatic N) is 2. The van der Waals surface area contributed by atoms with E-state index in [2.05, 4.69) is 73.4 Å². The number of hydrogen-bond donors (Lipinski definition) is 0. The molecule has 2 atom stereocenters. The maximum absolute atomic E-state index is 2.55. The van der Waals surface area contributed by atoms with E-state index in [9.17, 15) is 0 Å². The maximum atomic E-state index is 2.55. The van der Waals surface area contributed by atoms with Gasteiger partial charge in [-0.25, -0.2) is 0 Å². The second-order valence-electron chi connectivity index (χ2n) is 6.97. The molecule has 0 aromatic heterocycles. The van der Waals surface area contributed by atoms with Crippen LogP contribution in [0.1, 0.15) is 24.8 Å². The zero-order valence-electron chi connectivity index (χ0n) is 13.7. The lowest BCUT2D eigenvalue weighted by molar-refractivity contribution is 0.264. The molecule has 2 aromatic carbocycles. The first-order valence-corrected chi connectivity index (χ1v) is 8.26. The third-order valence-corrected chi connectivity index (χ3v) is 5.47. The molecule has 2 nitrogen and oxygen atoms in total. The standard InChI is InChI=1S/C20H24N2/c1-21(2)16-9-10-20-14(11-16)5-4-6-19(20)15-12-17-7-8-18(13-15)22(17)3/h4-6,9-12,17-18H,7-8,13H2,1-3H3. The van der Waals surface area contributed by atoms with E-state index < -0.39 is 0 Å². The molecule has 0 radical (unpaired) electrons. The fourth-order valence-corrected chi connectivity index (χ4v) is 4.07. The van der Waals surface area contributed by atoms with Crippen molar-refractivity contribution in [3.63, 3.8) is 0 Å². The summed E-state index contributed by atoms with van der Waals surface area (Å²) in [5.41, 5.74) is 4.25. The van der Waals surface area contributed by atoms with Gasteiger partial charge < -0.3 is 4.90 Å². The van der Waals surface area contributed by atoms with Crippen LogP contribution in [0.5, 0.6) is 0 Å². The molecule has 0 spiro atoms. The van der Waals surface area contributed by atoms with Crippen LogP contribution in [0.15, 0.2) is 42.5 Å². The quantitative estimate of drug-likeness (QED) is 0.820. The summed E-state index contributed by atoms with van der Waals surface area (Å²) in [6, 6.07) is 14.9. The summed E-state index contributed by atoms with van der Waals surface area (Å²) in [5, 5.41) is 2.74. The molecule has 2 heterocycles. The summed E-state index contributed by atoms with van der Waals surface area (Å²) in [6.07, 6.45) is 6.37. The van der Waals surface area contributed by atoms with E-state index in [4.69, 9.17) is 0 Å². The van der Waals surface area contributed by atoms with Gasteiger partial charge in [0.15, 0.2) is 0 Å². The second-order valence-corrected chi connectivity index (χ2v) is 6.97. The molecule has 1 saturated heterocycles. The topological polar surface area (TPSA) is 6.48 Å². The van der Waals surface area contributed by atoms with Crippen LogP contribution in [0.2, 0.25) is 0 Å². The van der Waals surface area contributed by atoms with Gasteiger partial charge in [-0.3, -0.25) is 4.90 Å². The largest absolute Gasteiger partial charge is 0.378 e. The van der Waals surface area contributed by atoms with Crippen LogP contribution in [0, 0.1) is 0 Å². The Balaban J connectivity index is 1.81. The molecule has 114 valence electrons. The number of rotatable bonds is 2. The smallest absolute Gasteiger partial charge is 0.0367 e. The van der Waals surface area contributed by atoms with Crippen molar-refractivity contribution in [3.8, 4) is 0 Å². The summed E-state index contributed by atoms with van der Waals surface area (Å²) in [4.78, 5) is 4.72. The Labute approximate surface area is 133 Å². The van der Waals surface area contributed by atoms with Crippen LogP contribution in [0.4, 0.5) is 5.69 Å². The first-order chi connectivity index (χ1) is 10.6. The number of fused-ring (bicyclic) bond motifs is 3. The molecule has 0 N–H and O–H groups in total. The van der Waals surface area contributed by atoms with Crippen LogP contribution in [-0.2, 0) is 0 Å². The monoisotopic (exact) mass is 292 g/mol. The molecule has 2 heteroatoms. The summed E-state index contributed by atoms with van der Waals surface area (Å²) < 4.78 is 0. The van der Waals surface area contributed by atoms with Gasteiger partial charge in [-0.2, -0.15) is 0 Å². The maximum Gasteiger partial charge on any atom is 0.0367 e. The predicted molar refractivity (Wildman–Crippen MR) is 95.4 cm³/mol. The lowest BCUT2D eigenvalue weighted by Crippen LogP contribution is -2.34. The number of benzene rings is 2. The van der Waals surface area contributed by atoms with E-state index in [1.54, 1.807) is 5.57 Å². The zero-order valence-corrected chi connectivity index (χ0v) is 13.7. The van der Waals surface area contributed by atoms with Crippen LogP contribution in [0.3, 0.4) is 0 Å². The van der Waals surface area contributed by atoms with Gasteiger partial charge in [0.25, 0.3) is 0 Å². The number of anilines is 1. The van der Waals surface area contributed by atoms with Crippen molar-refractivity contribution in [1.29, 1.82) is 0 Å². The van der Waals surface area contributed by atoms with Gasteiger partial charge in [0.05, 0.1) is 0 Å². The molecule has 2 bridgehead atoms. The van der Waals surface area contributed by atoms with Crippen molar-refractivity contribution < 1.29 is 0 Å². The lowest BCUT2D eigenvalue weighted by Gasteiger charge is -2.31. The van der Waals surface area contributed by atoms with Crippen LogP contribution < -0.4 is 4.90 Å². The molecular weight excluding hydrogens is 268 g/mol. The molecule has 2 aromatic rings. The molecule has 0 amide bonds. The molecule has 1 fully saturated rings. The molecule has 0 saturated carbocycles. The Morgan fingerprint density at radius 1 is 1.09 bits per heavy atom. The van der Waals surface area contributed by atoms with E-state index in [0.29, 0.717) is 6.04 Å². The van der Waals surface area contributed by atoms with Crippen molar-refractivity contribution in [1.82, 2.24) is 4.90 Å². The minimum atomic E-state index is 0.644. The zero-order chi connectivity index (χ0) is 15.3. The lowest BCUT2D eigenvalue weighted by atomic mass is 9.91. The van der Waals surface area contributed by atoms with Crippen molar-refractivity contribution >= 4 is 22.0 Å². The highest BCUT2D eigenvalue weighted by atomic mass is 15.2. The molecule has 2 aliphatic rings. The highest BCUT2D eigenvalue weighted by Gasteiger charge is 2.34. The van der Waals surface area contributed by atoms with Gasteiger partial charge in [0, 0.05) is 31.9 Å². The Hall–Kier alpha value is -1.80. The van der Waals surface area contributed by atoms with Crippen LogP contribution in [-0.4, -0.2) is 38.1 Å². The van der Waals surface area contributed by atoms with Crippen LogP contribution >= 0.6 is 0 Å². The first-order valence-electron chi connectivity index (χ1n) is 8.26. The number of likely N-dealkylation sites (N-methyl/N-ethyl adjacent to an activating group) is 1. The summed E-state index contributed by atoms with van der Waals surface area (Å²) in [5.74, 6) is 0. The second kappa shape index (κ2) is 5.13. The molecule has 0 aliphatic carbocycles. The Kier molecular flexibility index (Phi) is 3.23. The Bertz CT molecular complexity index is 744. The Morgan fingerprint density at radius 2 is 1.95 bits per heavy atom.